The van der Waals surface area contributed by atoms with E-state index in [9.17, 15) is 14.9 Å². The third-order valence-corrected chi connectivity index (χ3v) is 3.49. The molecule has 112 valence electrons. The molecule has 0 saturated carbocycles. The van der Waals surface area contributed by atoms with Crippen LogP contribution in [-0.4, -0.2) is 42.8 Å². The first-order valence-electron chi connectivity index (χ1n) is 5.63. The molecule has 9 nitrogen and oxygen atoms in total. The standard InChI is InChI=1S/C10H10Cl2N6O3/c1-16(4-6-5(11)3-13-17(6)2)10(19)8-7(12)9(15-14-8)18(20)21/h3H,4H2,1-2H3,(H,14,15). The molecule has 2 aromatic rings. The van der Waals surface area contributed by atoms with Crippen LogP contribution in [0.1, 0.15) is 16.2 Å². The lowest BCUT2D eigenvalue weighted by Crippen LogP contribution is -2.28. The number of hydrogen-bond donors (Lipinski definition) is 1. The Hall–Kier alpha value is -2.13. The summed E-state index contributed by atoms with van der Waals surface area (Å²) in [5, 5.41) is 20.4. The number of aromatic nitrogens is 4. The second-order valence-corrected chi connectivity index (χ2v) is 5.00. The number of amides is 1. The maximum absolute atomic E-state index is 12.2. The first-order valence-corrected chi connectivity index (χ1v) is 6.38. The van der Waals surface area contributed by atoms with Crippen LogP contribution in [0.15, 0.2) is 6.20 Å². The van der Waals surface area contributed by atoms with Gasteiger partial charge in [-0.3, -0.25) is 9.48 Å². The van der Waals surface area contributed by atoms with Gasteiger partial charge in [-0.15, -0.1) is 5.10 Å². The first kappa shape index (κ1) is 15.3. The van der Waals surface area contributed by atoms with E-state index in [0.29, 0.717) is 10.7 Å². The van der Waals surface area contributed by atoms with Crippen molar-refractivity contribution in [1.29, 1.82) is 0 Å². The molecule has 11 heteroatoms. The Morgan fingerprint density at radius 2 is 2.24 bits per heavy atom. The predicted molar refractivity (Wildman–Crippen MR) is 74.3 cm³/mol. The average Bonchev–Trinajstić information content (AvgIpc) is 2.95. The van der Waals surface area contributed by atoms with E-state index in [2.05, 4.69) is 15.3 Å². The molecule has 2 rings (SSSR count). The molecule has 1 amide bonds. The van der Waals surface area contributed by atoms with Crippen molar-refractivity contribution < 1.29 is 9.72 Å². The van der Waals surface area contributed by atoms with Crippen molar-refractivity contribution in [2.24, 2.45) is 7.05 Å². The Labute approximate surface area is 128 Å². The van der Waals surface area contributed by atoms with E-state index in [1.54, 1.807) is 7.05 Å². The van der Waals surface area contributed by atoms with E-state index in [4.69, 9.17) is 23.2 Å². The quantitative estimate of drug-likeness (QED) is 0.675. The highest BCUT2D eigenvalue weighted by atomic mass is 35.5. The fraction of sp³-hybridized carbons (Fsp3) is 0.300. The molecule has 0 aromatic carbocycles. The van der Waals surface area contributed by atoms with Crippen molar-refractivity contribution in [1.82, 2.24) is 24.9 Å². The summed E-state index contributed by atoms with van der Waals surface area (Å²) in [7, 11) is 3.19. The summed E-state index contributed by atoms with van der Waals surface area (Å²) in [6.45, 7) is 0.158. The molecule has 2 aromatic heterocycles. The van der Waals surface area contributed by atoms with Crippen molar-refractivity contribution in [3.63, 3.8) is 0 Å². The van der Waals surface area contributed by atoms with E-state index in [1.807, 2.05) is 0 Å². The van der Waals surface area contributed by atoms with Gasteiger partial charge in [0.1, 0.15) is 0 Å². The molecule has 0 atom stereocenters. The molecule has 0 fully saturated rings. The third kappa shape index (κ3) is 2.83. The molecule has 0 aliphatic rings. The van der Waals surface area contributed by atoms with Crippen LogP contribution in [0.3, 0.4) is 0 Å². The summed E-state index contributed by atoms with van der Waals surface area (Å²) in [6.07, 6.45) is 1.46. The molecule has 0 aliphatic carbocycles. The van der Waals surface area contributed by atoms with Gasteiger partial charge in [0.2, 0.25) is 0 Å². The highest BCUT2D eigenvalue weighted by Gasteiger charge is 2.27. The molecular formula is C10H10Cl2N6O3. The SMILES string of the molecule is CN(Cc1c(Cl)cnn1C)C(=O)c1n[nH]c([N+](=O)[O-])c1Cl. The van der Waals surface area contributed by atoms with Crippen LogP contribution in [0, 0.1) is 10.1 Å². The molecule has 0 bridgehead atoms. The van der Waals surface area contributed by atoms with Gasteiger partial charge in [-0.25, -0.2) is 0 Å². The van der Waals surface area contributed by atoms with Crippen LogP contribution in [0.4, 0.5) is 5.82 Å². The van der Waals surface area contributed by atoms with Crippen LogP contribution >= 0.6 is 23.2 Å². The van der Waals surface area contributed by atoms with Gasteiger partial charge in [-0.05, 0) is 4.92 Å². The van der Waals surface area contributed by atoms with Crippen LogP contribution in [-0.2, 0) is 13.6 Å². The number of nitrogens with one attached hydrogen (secondary N) is 1. The first-order chi connectivity index (χ1) is 9.82. The molecule has 0 unspecified atom stereocenters. The largest absolute Gasteiger partial charge is 0.362 e. The lowest BCUT2D eigenvalue weighted by molar-refractivity contribution is -0.389. The maximum atomic E-state index is 12.2. The van der Waals surface area contributed by atoms with Crippen LogP contribution in [0.5, 0.6) is 0 Å². The molecule has 21 heavy (non-hydrogen) atoms. The Bertz CT molecular complexity index is 690. The Balaban J connectivity index is 2.22. The number of aryl methyl sites for hydroxylation is 1. The number of carbonyl (C=O) groups excluding carboxylic acids is 1. The topological polar surface area (TPSA) is 110 Å². The highest BCUT2D eigenvalue weighted by molar-refractivity contribution is 6.35. The van der Waals surface area contributed by atoms with Gasteiger partial charge in [0.05, 0.1) is 23.5 Å². The Morgan fingerprint density at radius 3 is 2.71 bits per heavy atom. The van der Waals surface area contributed by atoms with Crippen LogP contribution in [0.25, 0.3) is 0 Å². The summed E-state index contributed by atoms with van der Waals surface area (Å²) < 4.78 is 1.53. The van der Waals surface area contributed by atoms with Crippen molar-refractivity contribution in [2.75, 3.05) is 7.05 Å². The summed E-state index contributed by atoms with van der Waals surface area (Å²) in [6, 6.07) is 0. The Morgan fingerprint density at radius 1 is 1.57 bits per heavy atom. The van der Waals surface area contributed by atoms with Gasteiger partial charge in [0, 0.05) is 14.1 Å². The summed E-state index contributed by atoms with van der Waals surface area (Å²) in [5.41, 5.74) is 0.401. The maximum Gasteiger partial charge on any atom is 0.362 e. The van der Waals surface area contributed by atoms with E-state index in [1.165, 1.54) is 22.8 Å². The summed E-state index contributed by atoms with van der Waals surface area (Å²) in [4.78, 5) is 23.4. The fourth-order valence-corrected chi connectivity index (χ4v) is 2.13. The smallest absolute Gasteiger partial charge is 0.358 e. The van der Waals surface area contributed by atoms with Crippen molar-refractivity contribution in [3.05, 3.63) is 37.7 Å². The average molecular weight is 333 g/mol. The minimum atomic E-state index is -0.746. The zero-order valence-electron chi connectivity index (χ0n) is 11.0. The summed E-state index contributed by atoms with van der Waals surface area (Å²) in [5.74, 6) is -1.09. The van der Waals surface area contributed by atoms with Gasteiger partial charge < -0.3 is 15.0 Å². The highest BCUT2D eigenvalue weighted by Crippen LogP contribution is 2.26. The minimum absolute atomic E-state index is 0.158. The van der Waals surface area contributed by atoms with Crippen molar-refractivity contribution in [2.45, 2.75) is 6.54 Å². The third-order valence-electron chi connectivity index (χ3n) is 2.82. The lowest BCUT2D eigenvalue weighted by Gasteiger charge is -2.16. The molecular weight excluding hydrogens is 323 g/mol. The van der Waals surface area contributed by atoms with Gasteiger partial charge in [-0.2, -0.15) is 5.10 Å². The van der Waals surface area contributed by atoms with E-state index < -0.39 is 16.6 Å². The molecule has 0 aliphatic heterocycles. The lowest BCUT2D eigenvalue weighted by atomic mass is 10.3. The fourth-order valence-electron chi connectivity index (χ4n) is 1.67. The van der Waals surface area contributed by atoms with E-state index in [-0.39, 0.29) is 17.3 Å². The molecule has 0 saturated heterocycles. The van der Waals surface area contributed by atoms with Crippen LogP contribution in [0.2, 0.25) is 10.0 Å². The minimum Gasteiger partial charge on any atom is -0.358 e. The zero-order chi connectivity index (χ0) is 15.7. The van der Waals surface area contributed by atoms with Crippen molar-refractivity contribution >= 4 is 34.9 Å². The number of carbonyl (C=O) groups is 1. The second-order valence-electron chi connectivity index (χ2n) is 4.22. The number of aromatic amines is 1. The number of rotatable bonds is 4. The van der Waals surface area contributed by atoms with Gasteiger partial charge in [0.25, 0.3) is 5.91 Å². The number of hydrogen-bond acceptors (Lipinski definition) is 5. The number of nitro groups is 1. The zero-order valence-corrected chi connectivity index (χ0v) is 12.5. The normalized spacial score (nSPS) is 10.7. The van der Waals surface area contributed by atoms with Crippen LogP contribution < -0.4 is 0 Å². The second kappa shape index (κ2) is 5.70. The molecule has 0 radical (unpaired) electrons. The van der Waals surface area contributed by atoms with Gasteiger partial charge >= 0.3 is 5.82 Å². The molecule has 0 spiro atoms. The Kier molecular flexibility index (Phi) is 4.14. The monoisotopic (exact) mass is 332 g/mol. The summed E-state index contributed by atoms with van der Waals surface area (Å²) >= 11 is 11.7. The predicted octanol–water partition coefficient (Wildman–Crippen LogP) is 1.63. The van der Waals surface area contributed by atoms with Gasteiger partial charge in [0.15, 0.2) is 10.7 Å². The van der Waals surface area contributed by atoms with Crippen molar-refractivity contribution in [3.8, 4) is 0 Å². The number of halogens is 2. The van der Waals surface area contributed by atoms with Gasteiger partial charge in [-0.1, -0.05) is 28.3 Å². The van der Waals surface area contributed by atoms with E-state index >= 15 is 0 Å². The van der Waals surface area contributed by atoms with E-state index in [0.717, 1.165) is 0 Å². The number of H-pyrrole nitrogens is 1. The number of nitrogens with zero attached hydrogens (tertiary/aromatic N) is 5. The molecule has 2 heterocycles. The molecule has 1 N–H and O–H groups in total.